The Bertz CT molecular complexity index is 1010. The fourth-order valence-electron chi connectivity index (χ4n) is 4.27. The minimum Gasteiger partial charge on any atom is -0.389 e. The number of hydrogen-bond donors (Lipinski definition) is 2. The third-order valence-electron chi connectivity index (χ3n) is 5.81. The van der Waals surface area contributed by atoms with E-state index in [1.165, 1.54) is 12.3 Å². The van der Waals surface area contributed by atoms with E-state index in [0.29, 0.717) is 40.9 Å². The summed E-state index contributed by atoms with van der Waals surface area (Å²) in [7, 11) is 0. The number of anilines is 1. The standard InChI is InChI=1S/C22H26ClFN4O2/c1-11(2)20-22(3,4)13-7-12(8-15(24)19(13)27-20)18-14(23)9-25-21(28-18)26-16-5-6-30-10-17(16)29/h7-9,11,16-17,29H,5-6,10H2,1-4H3,(H,25,26,28)/t16-,17-/m1/s1. The van der Waals surface area contributed by atoms with Gasteiger partial charge in [0, 0.05) is 23.3 Å². The van der Waals surface area contributed by atoms with E-state index in [2.05, 4.69) is 48.0 Å². The average molecular weight is 433 g/mol. The van der Waals surface area contributed by atoms with Crippen LogP contribution >= 0.6 is 11.6 Å². The van der Waals surface area contributed by atoms with Crippen LogP contribution in [0.15, 0.2) is 23.3 Å². The second-order valence-corrected chi connectivity index (χ2v) is 9.11. The van der Waals surface area contributed by atoms with Crippen LogP contribution < -0.4 is 5.32 Å². The maximum atomic E-state index is 15.0. The Morgan fingerprint density at radius 3 is 2.80 bits per heavy atom. The molecule has 0 bridgehead atoms. The Hall–Kier alpha value is -2.09. The zero-order valence-electron chi connectivity index (χ0n) is 17.5. The molecule has 0 spiro atoms. The molecule has 0 radical (unpaired) electrons. The van der Waals surface area contributed by atoms with Crippen molar-refractivity contribution in [2.75, 3.05) is 18.5 Å². The van der Waals surface area contributed by atoms with Crippen LogP contribution in [-0.2, 0) is 10.2 Å². The van der Waals surface area contributed by atoms with Gasteiger partial charge in [-0.2, -0.15) is 0 Å². The number of rotatable bonds is 4. The van der Waals surface area contributed by atoms with Gasteiger partial charge < -0.3 is 15.2 Å². The number of aliphatic hydroxyl groups excluding tert-OH is 1. The second-order valence-electron chi connectivity index (χ2n) is 8.70. The first-order valence-electron chi connectivity index (χ1n) is 10.2. The van der Waals surface area contributed by atoms with E-state index in [9.17, 15) is 5.11 Å². The van der Waals surface area contributed by atoms with Crippen LogP contribution in [0, 0.1) is 11.7 Å². The lowest BCUT2D eigenvalue weighted by Gasteiger charge is -2.28. The molecule has 6 nitrogen and oxygen atoms in total. The highest BCUT2D eigenvalue weighted by atomic mass is 35.5. The van der Waals surface area contributed by atoms with Crippen molar-refractivity contribution in [1.29, 1.82) is 0 Å². The molecule has 0 unspecified atom stereocenters. The number of benzene rings is 1. The van der Waals surface area contributed by atoms with E-state index in [1.807, 2.05) is 6.07 Å². The van der Waals surface area contributed by atoms with Crippen molar-refractivity contribution in [1.82, 2.24) is 9.97 Å². The van der Waals surface area contributed by atoms with Crippen LogP contribution in [0.4, 0.5) is 16.0 Å². The van der Waals surface area contributed by atoms with E-state index < -0.39 is 11.9 Å². The van der Waals surface area contributed by atoms with Gasteiger partial charge in [0.1, 0.15) is 11.5 Å². The number of ether oxygens (including phenoxy) is 1. The molecule has 2 aromatic rings. The summed E-state index contributed by atoms with van der Waals surface area (Å²) in [6.45, 7) is 9.06. The van der Waals surface area contributed by atoms with Crippen molar-refractivity contribution in [3.05, 3.63) is 34.7 Å². The summed E-state index contributed by atoms with van der Waals surface area (Å²) in [5, 5.41) is 13.6. The lowest BCUT2D eigenvalue weighted by molar-refractivity contribution is -0.0136. The van der Waals surface area contributed by atoms with Gasteiger partial charge in [-0.1, -0.05) is 39.3 Å². The maximum absolute atomic E-state index is 15.0. The molecule has 1 aromatic heterocycles. The molecule has 0 amide bonds. The monoisotopic (exact) mass is 432 g/mol. The molecule has 8 heteroatoms. The van der Waals surface area contributed by atoms with Gasteiger partial charge in [0.2, 0.25) is 5.95 Å². The average Bonchev–Trinajstić information content (AvgIpc) is 2.96. The van der Waals surface area contributed by atoms with E-state index in [1.54, 1.807) is 0 Å². The predicted octanol–water partition coefficient (Wildman–Crippen LogP) is 4.52. The van der Waals surface area contributed by atoms with E-state index >= 15 is 4.39 Å². The number of nitrogens with one attached hydrogen (secondary N) is 1. The van der Waals surface area contributed by atoms with Gasteiger partial charge in [-0.15, -0.1) is 0 Å². The summed E-state index contributed by atoms with van der Waals surface area (Å²) in [5.41, 5.74) is 2.80. The molecular formula is C22H26ClFN4O2. The largest absolute Gasteiger partial charge is 0.389 e. The van der Waals surface area contributed by atoms with Crippen molar-refractivity contribution in [2.24, 2.45) is 10.9 Å². The zero-order chi connectivity index (χ0) is 21.6. The van der Waals surface area contributed by atoms with Crippen LogP contribution in [0.25, 0.3) is 11.3 Å². The molecule has 3 heterocycles. The van der Waals surface area contributed by atoms with Gasteiger partial charge in [0.05, 0.1) is 35.7 Å². The van der Waals surface area contributed by atoms with Gasteiger partial charge in [-0.3, -0.25) is 4.99 Å². The van der Waals surface area contributed by atoms with Crippen molar-refractivity contribution in [3.8, 4) is 11.3 Å². The third-order valence-corrected chi connectivity index (χ3v) is 6.09. The number of aliphatic imine (C=N–C) groups is 1. The summed E-state index contributed by atoms with van der Waals surface area (Å²) in [6.07, 6.45) is 1.48. The molecule has 1 aromatic carbocycles. The lowest BCUT2D eigenvalue weighted by atomic mass is 9.77. The van der Waals surface area contributed by atoms with Gasteiger partial charge in [-0.25, -0.2) is 14.4 Å². The number of aromatic nitrogens is 2. The minimum absolute atomic E-state index is 0.208. The Morgan fingerprint density at radius 2 is 2.10 bits per heavy atom. The highest BCUT2D eigenvalue weighted by Crippen LogP contribution is 2.45. The SMILES string of the molecule is CC(C)C1=Nc2c(F)cc(-c3nc(N[C@@H]4CCOC[C@H]4O)ncc3Cl)cc2C1(C)C. The Balaban J connectivity index is 1.71. The highest BCUT2D eigenvalue weighted by molar-refractivity contribution is 6.33. The Morgan fingerprint density at radius 1 is 1.33 bits per heavy atom. The molecular weight excluding hydrogens is 407 g/mol. The number of nitrogens with zero attached hydrogens (tertiary/aromatic N) is 3. The van der Waals surface area contributed by atoms with Gasteiger partial charge in [0.15, 0.2) is 0 Å². The lowest BCUT2D eigenvalue weighted by Crippen LogP contribution is -2.42. The van der Waals surface area contributed by atoms with Crippen molar-refractivity contribution in [2.45, 2.75) is 51.7 Å². The van der Waals surface area contributed by atoms with Crippen molar-refractivity contribution >= 4 is 28.9 Å². The summed E-state index contributed by atoms with van der Waals surface area (Å²) in [5.74, 6) is 0.148. The van der Waals surface area contributed by atoms with Crippen LogP contribution in [-0.4, -0.2) is 46.1 Å². The third kappa shape index (κ3) is 3.70. The number of fused-ring (bicyclic) bond motifs is 1. The van der Waals surface area contributed by atoms with Crippen LogP contribution in [0.2, 0.25) is 5.02 Å². The molecule has 160 valence electrons. The van der Waals surface area contributed by atoms with Crippen LogP contribution in [0.3, 0.4) is 0 Å². The quantitative estimate of drug-likeness (QED) is 0.742. The second kappa shape index (κ2) is 7.87. The number of aliphatic hydroxyl groups is 1. The molecule has 2 aliphatic rings. The van der Waals surface area contributed by atoms with Crippen LogP contribution in [0.5, 0.6) is 0 Å². The summed E-state index contributed by atoms with van der Waals surface area (Å²) in [4.78, 5) is 13.3. The first-order valence-corrected chi connectivity index (χ1v) is 10.5. The van der Waals surface area contributed by atoms with Gasteiger partial charge >= 0.3 is 0 Å². The smallest absolute Gasteiger partial charge is 0.223 e. The molecule has 1 fully saturated rings. The molecule has 0 saturated carbocycles. The minimum atomic E-state index is -0.647. The molecule has 2 aliphatic heterocycles. The van der Waals surface area contributed by atoms with E-state index in [-0.39, 0.29) is 24.0 Å². The van der Waals surface area contributed by atoms with Crippen molar-refractivity contribution < 1.29 is 14.2 Å². The van der Waals surface area contributed by atoms with Gasteiger partial charge in [-0.05, 0) is 30.0 Å². The van der Waals surface area contributed by atoms with E-state index in [4.69, 9.17) is 16.3 Å². The fourth-order valence-corrected chi connectivity index (χ4v) is 4.47. The first-order chi connectivity index (χ1) is 14.2. The molecule has 2 atom stereocenters. The summed E-state index contributed by atoms with van der Waals surface area (Å²) in [6, 6.07) is 3.12. The number of halogens is 2. The van der Waals surface area contributed by atoms with Gasteiger partial charge in [0.25, 0.3) is 0 Å². The molecule has 1 saturated heterocycles. The predicted molar refractivity (Wildman–Crippen MR) is 116 cm³/mol. The maximum Gasteiger partial charge on any atom is 0.223 e. The Kier molecular flexibility index (Phi) is 5.55. The normalized spacial score (nSPS) is 22.7. The topological polar surface area (TPSA) is 79.6 Å². The van der Waals surface area contributed by atoms with Crippen molar-refractivity contribution in [3.63, 3.8) is 0 Å². The fraction of sp³-hybridized carbons (Fsp3) is 0.500. The summed E-state index contributed by atoms with van der Waals surface area (Å²) < 4.78 is 20.3. The molecule has 0 aliphatic carbocycles. The highest BCUT2D eigenvalue weighted by Gasteiger charge is 2.38. The van der Waals surface area contributed by atoms with E-state index in [0.717, 1.165) is 11.3 Å². The first kappa shape index (κ1) is 21.2. The number of hydrogen-bond acceptors (Lipinski definition) is 6. The summed E-state index contributed by atoms with van der Waals surface area (Å²) >= 11 is 6.38. The molecule has 2 N–H and O–H groups in total. The molecule has 30 heavy (non-hydrogen) atoms. The zero-order valence-corrected chi connectivity index (χ0v) is 18.3. The Labute approximate surface area is 180 Å². The van der Waals surface area contributed by atoms with Crippen LogP contribution in [0.1, 0.15) is 39.7 Å². The molecule has 4 rings (SSSR count).